The number of fused-ring (bicyclic) bond motifs is 1. The number of hydrogen-bond acceptors (Lipinski definition) is 9. The van der Waals surface area contributed by atoms with Gasteiger partial charge in [-0.15, -0.1) is 11.3 Å². The summed E-state index contributed by atoms with van der Waals surface area (Å²) < 4.78 is 36.2. The maximum atomic E-state index is 14.0. The SMILES string of the molecule is N=C(N)NCCC[C@H](NC(=O)c1sccc1NS(=O)(=O)c1cc(-c2ccccc2CN2CCC(C(=O)O)CC2)cc2c1OCC2)C(=O)O. The van der Waals surface area contributed by atoms with Crippen LogP contribution in [-0.2, 0) is 32.6 Å². The summed E-state index contributed by atoms with van der Waals surface area (Å²) in [5.74, 6) is -3.12. The van der Waals surface area contributed by atoms with Crippen LogP contribution in [0.25, 0.3) is 11.1 Å². The standard InChI is InChI=1S/C32H38N6O8S2/c33-32(34)35-11-3-6-25(31(42)43)36-29(39)28-24(10-15-47-28)37-48(44,45)26-17-22(16-20-9-14-46-27(20)26)23-5-2-1-4-21(23)18-38-12-7-19(8-13-38)30(40)41/h1-2,4-5,10,15-17,19,25,37H,3,6-9,11-14,18H2,(H,36,39)(H,40,41)(H,42,43)(H4,33,34,35)/t25-/m0/s1. The van der Waals surface area contributed by atoms with Crippen molar-refractivity contribution < 1.29 is 37.8 Å². The Morgan fingerprint density at radius 1 is 1.12 bits per heavy atom. The van der Waals surface area contributed by atoms with E-state index in [2.05, 4.69) is 20.3 Å². The molecule has 0 radical (unpaired) electrons. The quantitative estimate of drug-likeness (QED) is 0.0736. The lowest BCUT2D eigenvalue weighted by Crippen LogP contribution is -2.41. The number of thiophene rings is 1. The molecule has 2 aromatic carbocycles. The van der Waals surface area contributed by atoms with Gasteiger partial charge >= 0.3 is 11.9 Å². The van der Waals surface area contributed by atoms with Crippen LogP contribution in [0.1, 0.15) is 46.5 Å². The molecule has 5 rings (SSSR count). The molecule has 0 bridgehead atoms. The lowest BCUT2D eigenvalue weighted by molar-refractivity contribution is -0.143. The van der Waals surface area contributed by atoms with E-state index in [1.165, 1.54) is 11.4 Å². The molecule has 1 fully saturated rings. The van der Waals surface area contributed by atoms with Gasteiger partial charge in [-0.1, -0.05) is 24.3 Å². The number of nitrogens with zero attached hydrogens (tertiary/aromatic N) is 1. The number of guanidine groups is 1. The zero-order chi connectivity index (χ0) is 34.4. The molecule has 0 unspecified atom stereocenters. The number of sulfonamides is 1. The topological polar surface area (TPSA) is 224 Å². The van der Waals surface area contributed by atoms with E-state index in [4.69, 9.17) is 15.9 Å². The van der Waals surface area contributed by atoms with E-state index in [9.17, 15) is 33.0 Å². The molecule has 3 heterocycles. The van der Waals surface area contributed by atoms with Crippen LogP contribution in [0.5, 0.6) is 5.75 Å². The fourth-order valence-electron chi connectivity index (χ4n) is 5.92. The summed E-state index contributed by atoms with van der Waals surface area (Å²) in [5, 5.41) is 32.8. The largest absolute Gasteiger partial charge is 0.492 e. The van der Waals surface area contributed by atoms with E-state index in [0.717, 1.165) is 28.0 Å². The monoisotopic (exact) mass is 698 g/mol. The smallest absolute Gasteiger partial charge is 0.326 e. The summed E-state index contributed by atoms with van der Waals surface area (Å²) in [6, 6.07) is 11.4. The molecular weight excluding hydrogens is 661 g/mol. The summed E-state index contributed by atoms with van der Waals surface area (Å²) in [6.45, 7) is 2.43. The predicted octanol–water partition coefficient (Wildman–Crippen LogP) is 2.89. The second kappa shape index (κ2) is 15.0. The molecule has 0 spiro atoms. The number of benzene rings is 2. The highest BCUT2D eigenvalue weighted by atomic mass is 32.2. The van der Waals surface area contributed by atoms with Crippen molar-refractivity contribution in [1.29, 1.82) is 5.41 Å². The molecule has 16 heteroatoms. The van der Waals surface area contributed by atoms with E-state index in [1.54, 1.807) is 6.07 Å². The Morgan fingerprint density at radius 2 is 1.88 bits per heavy atom. The van der Waals surface area contributed by atoms with Gasteiger partial charge in [-0.3, -0.25) is 24.6 Å². The van der Waals surface area contributed by atoms with Crippen LogP contribution < -0.4 is 25.8 Å². The maximum Gasteiger partial charge on any atom is 0.326 e. The van der Waals surface area contributed by atoms with Gasteiger partial charge in [0.25, 0.3) is 15.9 Å². The minimum absolute atomic E-state index is 0.00204. The summed E-state index contributed by atoms with van der Waals surface area (Å²) >= 11 is 0.968. The van der Waals surface area contributed by atoms with Gasteiger partial charge < -0.3 is 31.3 Å². The van der Waals surface area contributed by atoms with Crippen molar-refractivity contribution in [3.63, 3.8) is 0 Å². The highest BCUT2D eigenvalue weighted by molar-refractivity contribution is 7.92. The van der Waals surface area contributed by atoms with Crippen molar-refractivity contribution in [2.24, 2.45) is 11.7 Å². The summed E-state index contributed by atoms with van der Waals surface area (Å²) in [5.41, 5.74) is 8.49. The fraction of sp³-hybridized carbons (Fsp3) is 0.375. The molecule has 1 amide bonds. The fourth-order valence-corrected chi connectivity index (χ4v) is 8.02. The molecule has 1 aromatic heterocycles. The third-order valence-corrected chi connectivity index (χ3v) is 10.7. The van der Waals surface area contributed by atoms with Crippen molar-refractivity contribution in [3.05, 3.63) is 63.8 Å². The van der Waals surface area contributed by atoms with Gasteiger partial charge in [-0.25, -0.2) is 13.2 Å². The van der Waals surface area contributed by atoms with E-state index in [-0.39, 0.29) is 46.1 Å². The van der Waals surface area contributed by atoms with Crippen LogP contribution >= 0.6 is 11.3 Å². The average molecular weight is 699 g/mol. The third-order valence-electron chi connectivity index (χ3n) is 8.40. The summed E-state index contributed by atoms with van der Waals surface area (Å²) in [4.78, 5) is 38.5. The number of piperidine rings is 1. The molecule has 14 nitrogen and oxygen atoms in total. The van der Waals surface area contributed by atoms with E-state index in [1.807, 2.05) is 30.3 Å². The van der Waals surface area contributed by atoms with Crippen LogP contribution in [0.15, 0.2) is 52.7 Å². The molecule has 256 valence electrons. The van der Waals surface area contributed by atoms with Crippen molar-refractivity contribution in [3.8, 4) is 16.9 Å². The van der Waals surface area contributed by atoms with Gasteiger partial charge in [-0.2, -0.15) is 0 Å². The number of rotatable bonds is 14. The molecule has 1 saturated heterocycles. The minimum Gasteiger partial charge on any atom is -0.492 e. The lowest BCUT2D eigenvalue weighted by Gasteiger charge is -2.30. The number of aliphatic carboxylic acids is 2. The zero-order valence-electron chi connectivity index (χ0n) is 26.0. The van der Waals surface area contributed by atoms with Crippen LogP contribution in [0.3, 0.4) is 0 Å². The van der Waals surface area contributed by atoms with Gasteiger partial charge in [0.05, 0.1) is 18.2 Å². The third kappa shape index (κ3) is 8.24. The number of ether oxygens (including phenoxy) is 1. The van der Waals surface area contributed by atoms with Crippen molar-refractivity contribution in [1.82, 2.24) is 15.5 Å². The number of carboxylic acid groups (broad SMARTS) is 2. The molecule has 2 aliphatic heterocycles. The van der Waals surface area contributed by atoms with Crippen LogP contribution in [0.4, 0.5) is 5.69 Å². The Hall–Kier alpha value is -4.67. The number of carbonyl (C=O) groups excluding carboxylic acids is 1. The van der Waals surface area contributed by atoms with Crippen molar-refractivity contribution in [2.75, 3.05) is 31.0 Å². The number of nitrogens with one attached hydrogen (secondary N) is 4. The Bertz CT molecular complexity index is 1800. The number of carboxylic acids is 2. The number of anilines is 1. The number of likely N-dealkylation sites (tertiary alicyclic amines) is 1. The number of carbonyl (C=O) groups is 3. The van der Waals surface area contributed by atoms with Crippen molar-refractivity contribution >= 4 is 50.9 Å². The van der Waals surface area contributed by atoms with Gasteiger partial charge in [0.15, 0.2) is 5.96 Å². The second-order valence-electron chi connectivity index (χ2n) is 11.7. The highest BCUT2D eigenvalue weighted by Gasteiger charge is 2.30. The van der Waals surface area contributed by atoms with Crippen molar-refractivity contribution in [2.45, 2.75) is 49.6 Å². The van der Waals surface area contributed by atoms with E-state index < -0.39 is 33.9 Å². The molecular formula is C32H38N6O8S2. The van der Waals surface area contributed by atoms with E-state index >= 15 is 0 Å². The maximum absolute atomic E-state index is 14.0. The summed E-state index contributed by atoms with van der Waals surface area (Å²) in [7, 11) is -4.29. The zero-order valence-corrected chi connectivity index (χ0v) is 27.7. The predicted molar refractivity (Wildman–Crippen MR) is 180 cm³/mol. The van der Waals surface area contributed by atoms with Gasteiger partial charge in [0.1, 0.15) is 21.6 Å². The second-order valence-corrected chi connectivity index (χ2v) is 14.3. The Morgan fingerprint density at radius 3 is 2.58 bits per heavy atom. The van der Waals surface area contributed by atoms with Crippen LogP contribution in [0, 0.1) is 11.3 Å². The Kier molecular flexibility index (Phi) is 10.9. The molecule has 2 aliphatic rings. The molecule has 1 atom stereocenters. The average Bonchev–Trinajstić information content (AvgIpc) is 3.71. The first-order valence-corrected chi connectivity index (χ1v) is 17.8. The van der Waals surface area contributed by atoms with Gasteiger partial charge in [0, 0.05) is 19.5 Å². The van der Waals surface area contributed by atoms with Gasteiger partial charge in [0.2, 0.25) is 0 Å². The first-order valence-electron chi connectivity index (χ1n) is 15.5. The summed E-state index contributed by atoms with van der Waals surface area (Å²) in [6.07, 6.45) is 2.03. The Labute approximate surface area is 281 Å². The molecule has 0 aliphatic carbocycles. The van der Waals surface area contributed by atoms with Crippen LogP contribution in [0.2, 0.25) is 0 Å². The first-order chi connectivity index (χ1) is 22.9. The highest BCUT2D eigenvalue weighted by Crippen LogP contribution is 2.40. The number of nitrogens with two attached hydrogens (primary N) is 1. The molecule has 48 heavy (non-hydrogen) atoms. The van der Waals surface area contributed by atoms with Crippen LogP contribution in [-0.4, -0.2) is 79.6 Å². The molecule has 3 aromatic rings. The normalized spacial score (nSPS) is 15.6. The van der Waals surface area contributed by atoms with Gasteiger partial charge in [-0.05, 0) is 84.6 Å². The molecule has 0 saturated carbocycles. The van der Waals surface area contributed by atoms with E-state index in [0.29, 0.717) is 57.5 Å². The number of amides is 1. The Balaban J connectivity index is 1.37. The number of hydrogen-bond donors (Lipinski definition) is 7. The first kappa shape index (κ1) is 34.7. The lowest BCUT2D eigenvalue weighted by atomic mass is 9.94. The minimum atomic E-state index is -4.29. The molecule has 8 N–H and O–H groups in total.